The van der Waals surface area contributed by atoms with Gasteiger partial charge in [-0.25, -0.2) is 4.79 Å². The third kappa shape index (κ3) is 1.92. The van der Waals surface area contributed by atoms with Gasteiger partial charge in [-0.3, -0.25) is 14.3 Å². The highest BCUT2D eigenvalue weighted by Crippen LogP contribution is 2.36. The van der Waals surface area contributed by atoms with Gasteiger partial charge in [-0.2, -0.15) is 0 Å². The number of nitrogens with zero attached hydrogens (tertiary/aromatic N) is 1. The van der Waals surface area contributed by atoms with E-state index < -0.39 is 41.7 Å². The molecule has 3 heterocycles. The molecule has 3 rings (SSSR count). The predicted molar refractivity (Wildman–Crippen MR) is 66.6 cm³/mol. The van der Waals surface area contributed by atoms with E-state index in [1.807, 2.05) is 0 Å². The zero-order chi connectivity index (χ0) is 14.4. The Balaban J connectivity index is 2.02. The van der Waals surface area contributed by atoms with Crippen molar-refractivity contribution in [3.05, 3.63) is 32.6 Å². The summed E-state index contributed by atoms with van der Waals surface area (Å²) in [6.07, 6.45) is -1.39. The Morgan fingerprint density at radius 1 is 1.50 bits per heavy atom. The minimum absolute atomic E-state index is 0.230. The van der Waals surface area contributed by atoms with Crippen molar-refractivity contribution < 1.29 is 19.7 Å². The van der Waals surface area contributed by atoms with Crippen molar-refractivity contribution in [1.29, 1.82) is 0 Å². The molecule has 1 aromatic rings. The van der Waals surface area contributed by atoms with Crippen LogP contribution in [0.1, 0.15) is 11.6 Å². The minimum atomic E-state index is -1.03. The van der Waals surface area contributed by atoms with Crippen LogP contribution < -0.4 is 11.2 Å². The standard InChI is InChI=1S/C12H16N2O6/c1-5-2-14(12(18)13-11(5)17)8-7-4-19-10(8)9(16)6(3-15)20-7/h2,6-10,15-16H,3-4H2,1H3,(H,13,17,18)/t6-,7?,8-,9?,10?/m1/s1. The molecule has 8 nitrogen and oxygen atoms in total. The van der Waals surface area contributed by atoms with Crippen LogP contribution in [0.4, 0.5) is 0 Å². The lowest BCUT2D eigenvalue weighted by atomic mass is 9.95. The number of H-pyrrole nitrogens is 1. The molecule has 2 aliphatic rings. The highest BCUT2D eigenvalue weighted by Gasteiger charge is 2.51. The Morgan fingerprint density at radius 3 is 2.95 bits per heavy atom. The van der Waals surface area contributed by atoms with Crippen LogP contribution in [0.3, 0.4) is 0 Å². The van der Waals surface area contributed by atoms with E-state index in [1.54, 1.807) is 6.92 Å². The number of aromatic nitrogens is 2. The fourth-order valence-corrected chi connectivity index (χ4v) is 2.85. The van der Waals surface area contributed by atoms with Crippen molar-refractivity contribution in [2.45, 2.75) is 37.4 Å². The average Bonchev–Trinajstić information content (AvgIpc) is 2.75. The highest BCUT2D eigenvalue weighted by atomic mass is 16.6. The average molecular weight is 284 g/mol. The van der Waals surface area contributed by atoms with Crippen molar-refractivity contribution in [2.75, 3.05) is 13.2 Å². The fraction of sp³-hybridized carbons (Fsp3) is 0.667. The Hall–Kier alpha value is -1.48. The second-order valence-electron chi connectivity index (χ2n) is 5.15. The summed E-state index contributed by atoms with van der Waals surface area (Å²) in [5.74, 6) is 0. The third-order valence-corrected chi connectivity index (χ3v) is 3.88. The SMILES string of the molecule is Cc1cn([C@@H]2C3COC2C(O)[C@@H](CO)O3)c(=O)[nH]c1=O. The Morgan fingerprint density at radius 2 is 2.25 bits per heavy atom. The first-order valence-corrected chi connectivity index (χ1v) is 6.41. The second-order valence-corrected chi connectivity index (χ2v) is 5.15. The van der Waals surface area contributed by atoms with Crippen LogP contribution in [0, 0.1) is 6.92 Å². The highest BCUT2D eigenvalue weighted by molar-refractivity contribution is 5.07. The van der Waals surface area contributed by atoms with Gasteiger partial charge in [-0.05, 0) is 6.92 Å². The largest absolute Gasteiger partial charge is 0.394 e. The van der Waals surface area contributed by atoms with Gasteiger partial charge in [0.15, 0.2) is 0 Å². The molecule has 2 fully saturated rings. The number of aryl methyl sites for hydroxylation is 1. The number of nitrogens with one attached hydrogen (secondary N) is 1. The number of aromatic amines is 1. The summed E-state index contributed by atoms with van der Waals surface area (Å²) in [4.78, 5) is 25.6. The van der Waals surface area contributed by atoms with E-state index in [-0.39, 0.29) is 13.2 Å². The Bertz CT molecular complexity index is 623. The number of rotatable bonds is 2. The number of aliphatic hydroxyl groups is 2. The monoisotopic (exact) mass is 284 g/mol. The predicted octanol–water partition coefficient (Wildman–Crippen LogP) is -2.09. The third-order valence-electron chi connectivity index (χ3n) is 3.88. The lowest BCUT2D eigenvalue weighted by molar-refractivity contribution is -0.153. The first-order valence-electron chi connectivity index (χ1n) is 6.41. The molecule has 0 amide bonds. The number of aliphatic hydroxyl groups excluding tert-OH is 2. The lowest BCUT2D eigenvalue weighted by Crippen LogP contribution is -2.54. The summed E-state index contributed by atoms with van der Waals surface area (Å²) < 4.78 is 12.4. The van der Waals surface area contributed by atoms with E-state index >= 15 is 0 Å². The summed E-state index contributed by atoms with van der Waals surface area (Å²) in [5, 5.41) is 19.3. The molecule has 3 N–H and O–H groups in total. The summed E-state index contributed by atoms with van der Waals surface area (Å²) in [6, 6.07) is -0.518. The van der Waals surface area contributed by atoms with Crippen LogP contribution >= 0.6 is 0 Å². The van der Waals surface area contributed by atoms with Gasteiger partial charge in [0.2, 0.25) is 0 Å². The molecule has 0 radical (unpaired) electrons. The molecule has 3 unspecified atom stereocenters. The van der Waals surface area contributed by atoms with E-state index in [0.29, 0.717) is 5.56 Å². The summed E-state index contributed by atoms with van der Waals surface area (Å²) in [5.41, 5.74) is -0.614. The minimum Gasteiger partial charge on any atom is -0.394 e. The molecule has 0 saturated carbocycles. The van der Waals surface area contributed by atoms with Crippen molar-refractivity contribution in [1.82, 2.24) is 9.55 Å². The van der Waals surface area contributed by atoms with Crippen molar-refractivity contribution in [2.24, 2.45) is 0 Å². The smallest absolute Gasteiger partial charge is 0.328 e. The van der Waals surface area contributed by atoms with Crippen LogP contribution in [0.5, 0.6) is 0 Å². The van der Waals surface area contributed by atoms with Crippen LogP contribution in [0.25, 0.3) is 0 Å². The van der Waals surface area contributed by atoms with Gasteiger partial charge in [0.25, 0.3) is 5.56 Å². The molecular weight excluding hydrogens is 268 g/mol. The molecule has 8 heteroatoms. The zero-order valence-corrected chi connectivity index (χ0v) is 10.9. The van der Waals surface area contributed by atoms with E-state index in [2.05, 4.69) is 4.98 Å². The maximum absolute atomic E-state index is 11.9. The summed E-state index contributed by atoms with van der Waals surface area (Å²) in [7, 11) is 0. The van der Waals surface area contributed by atoms with E-state index in [4.69, 9.17) is 14.6 Å². The Kier molecular flexibility index (Phi) is 3.25. The first-order chi connectivity index (χ1) is 9.52. The molecule has 1 aromatic heterocycles. The summed E-state index contributed by atoms with van der Waals surface area (Å²) in [6.45, 7) is 1.51. The van der Waals surface area contributed by atoms with Gasteiger partial charge >= 0.3 is 5.69 Å². The lowest BCUT2D eigenvalue weighted by Gasteiger charge is -2.37. The van der Waals surface area contributed by atoms with Gasteiger partial charge < -0.3 is 19.7 Å². The van der Waals surface area contributed by atoms with Crippen LogP contribution in [0.2, 0.25) is 0 Å². The number of ether oxygens (including phenoxy) is 2. The number of fused-ring (bicyclic) bond motifs is 2. The van der Waals surface area contributed by atoms with E-state index in [9.17, 15) is 14.7 Å². The van der Waals surface area contributed by atoms with E-state index in [0.717, 1.165) is 0 Å². The molecule has 0 aromatic carbocycles. The maximum Gasteiger partial charge on any atom is 0.328 e. The first kappa shape index (κ1) is 13.5. The molecule has 20 heavy (non-hydrogen) atoms. The number of hydrogen-bond donors (Lipinski definition) is 3. The second kappa shape index (κ2) is 4.81. The molecule has 2 aliphatic heterocycles. The molecule has 0 spiro atoms. The van der Waals surface area contributed by atoms with Crippen molar-refractivity contribution >= 4 is 0 Å². The Labute approximate surface area is 113 Å². The topological polar surface area (TPSA) is 114 Å². The van der Waals surface area contributed by atoms with Crippen molar-refractivity contribution in [3.8, 4) is 0 Å². The van der Waals surface area contributed by atoms with Crippen molar-refractivity contribution in [3.63, 3.8) is 0 Å². The van der Waals surface area contributed by atoms with Gasteiger partial charge in [0.05, 0.1) is 19.3 Å². The van der Waals surface area contributed by atoms with Gasteiger partial charge in [-0.1, -0.05) is 0 Å². The maximum atomic E-state index is 11.9. The molecule has 2 bridgehead atoms. The van der Waals surface area contributed by atoms with E-state index in [1.165, 1.54) is 10.8 Å². The summed E-state index contributed by atoms with van der Waals surface area (Å²) >= 11 is 0. The van der Waals surface area contributed by atoms with Gasteiger partial charge in [0.1, 0.15) is 24.4 Å². The van der Waals surface area contributed by atoms with Crippen LogP contribution in [-0.4, -0.2) is 57.4 Å². The fourth-order valence-electron chi connectivity index (χ4n) is 2.85. The molecule has 0 aliphatic carbocycles. The normalized spacial score (nSPS) is 36.2. The number of hydrogen-bond acceptors (Lipinski definition) is 6. The molecular formula is C12H16N2O6. The molecule has 5 atom stereocenters. The zero-order valence-electron chi connectivity index (χ0n) is 10.9. The molecule has 110 valence electrons. The quantitative estimate of drug-likeness (QED) is 0.573. The van der Waals surface area contributed by atoms with Gasteiger partial charge in [0, 0.05) is 11.8 Å². The van der Waals surface area contributed by atoms with Gasteiger partial charge in [-0.15, -0.1) is 0 Å². The van der Waals surface area contributed by atoms with Crippen LogP contribution in [0.15, 0.2) is 15.8 Å². The molecule has 2 saturated heterocycles. The van der Waals surface area contributed by atoms with Crippen LogP contribution in [-0.2, 0) is 9.47 Å².